The predicted octanol–water partition coefficient (Wildman–Crippen LogP) is 2.40. The molecule has 0 heterocycles. The average Bonchev–Trinajstić information content (AvgIpc) is 3.28. The van der Waals surface area contributed by atoms with E-state index in [2.05, 4.69) is 24.1 Å². The normalized spacial score (nSPS) is 17.8. The Balaban J connectivity index is 2.18. The molecule has 1 aliphatic rings. The Morgan fingerprint density at radius 2 is 2.15 bits per heavy atom. The lowest BCUT2D eigenvalue weighted by Crippen LogP contribution is -2.58. The third-order valence-electron chi connectivity index (χ3n) is 4.20. The molecule has 1 saturated carbocycles. The number of hydrogen-bond acceptors (Lipinski definition) is 3. The van der Waals surface area contributed by atoms with E-state index in [1.165, 1.54) is 6.07 Å². The summed E-state index contributed by atoms with van der Waals surface area (Å²) in [5.74, 6) is 0.306. The number of anilines is 1. The topological polar surface area (TPSA) is 35.5 Å². The highest BCUT2D eigenvalue weighted by molar-refractivity contribution is 5.47. The van der Waals surface area contributed by atoms with Crippen LogP contribution < -0.4 is 10.2 Å². The van der Waals surface area contributed by atoms with Gasteiger partial charge in [-0.1, -0.05) is 13.0 Å². The molecule has 0 radical (unpaired) electrons. The first-order valence-corrected chi connectivity index (χ1v) is 7.51. The Morgan fingerprint density at radius 1 is 1.40 bits per heavy atom. The van der Waals surface area contributed by atoms with Crippen molar-refractivity contribution in [1.29, 1.82) is 0 Å². The van der Waals surface area contributed by atoms with Crippen molar-refractivity contribution < 1.29 is 9.50 Å². The zero-order chi connectivity index (χ0) is 14.6. The van der Waals surface area contributed by atoms with Crippen LogP contribution in [0.3, 0.4) is 0 Å². The second-order valence-corrected chi connectivity index (χ2v) is 5.61. The van der Waals surface area contributed by atoms with Crippen LogP contribution in [0.2, 0.25) is 0 Å². The van der Waals surface area contributed by atoms with E-state index in [9.17, 15) is 9.50 Å². The Kier molecular flexibility index (Phi) is 5.00. The molecule has 0 spiro atoms. The van der Waals surface area contributed by atoms with Gasteiger partial charge in [-0.3, -0.25) is 0 Å². The minimum atomic E-state index is -0.267. The molecule has 2 N–H and O–H groups in total. The van der Waals surface area contributed by atoms with E-state index < -0.39 is 0 Å². The molecule has 0 saturated heterocycles. The molecule has 1 atom stereocenters. The molecule has 3 nitrogen and oxygen atoms in total. The van der Waals surface area contributed by atoms with Crippen molar-refractivity contribution in [2.24, 2.45) is 5.92 Å². The molecule has 1 aromatic rings. The summed E-state index contributed by atoms with van der Waals surface area (Å²) in [5, 5.41) is 13.4. The lowest BCUT2D eigenvalue weighted by atomic mass is 9.92. The van der Waals surface area contributed by atoms with Crippen LogP contribution >= 0.6 is 0 Å². The van der Waals surface area contributed by atoms with Crippen molar-refractivity contribution in [3.8, 4) is 0 Å². The zero-order valence-electron chi connectivity index (χ0n) is 12.4. The van der Waals surface area contributed by atoms with Gasteiger partial charge in [-0.2, -0.15) is 0 Å². The SMILES string of the molecule is CCNC(CO)(CN(CC)c1cccc(F)c1)C1CC1. The van der Waals surface area contributed by atoms with Crippen molar-refractivity contribution in [3.63, 3.8) is 0 Å². The molecule has 0 amide bonds. The van der Waals surface area contributed by atoms with E-state index >= 15 is 0 Å². The molecule has 1 unspecified atom stereocenters. The maximum Gasteiger partial charge on any atom is 0.125 e. The van der Waals surface area contributed by atoms with Crippen LogP contribution in [0, 0.1) is 11.7 Å². The Bertz CT molecular complexity index is 436. The quantitative estimate of drug-likeness (QED) is 0.767. The highest BCUT2D eigenvalue weighted by atomic mass is 19.1. The van der Waals surface area contributed by atoms with Gasteiger partial charge in [0.25, 0.3) is 0 Å². The van der Waals surface area contributed by atoms with Crippen molar-refractivity contribution >= 4 is 5.69 Å². The summed E-state index contributed by atoms with van der Waals surface area (Å²) in [6.45, 7) is 6.58. The van der Waals surface area contributed by atoms with E-state index in [1.807, 2.05) is 6.07 Å². The smallest absolute Gasteiger partial charge is 0.125 e. The second-order valence-electron chi connectivity index (χ2n) is 5.61. The monoisotopic (exact) mass is 280 g/mol. The summed E-state index contributed by atoms with van der Waals surface area (Å²) in [6, 6.07) is 6.68. The summed E-state index contributed by atoms with van der Waals surface area (Å²) in [5.41, 5.74) is 0.612. The van der Waals surface area contributed by atoms with Gasteiger partial charge in [0, 0.05) is 18.8 Å². The number of benzene rings is 1. The van der Waals surface area contributed by atoms with Crippen LogP contribution in [0.4, 0.5) is 10.1 Å². The molecule has 0 bridgehead atoms. The van der Waals surface area contributed by atoms with Gasteiger partial charge >= 0.3 is 0 Å². The minimum Gasteiger partial charge on any atom is -0.394 e. The number of halogens is 1. The van der Waals surface area contributed by atoms with E-state index in [0.717, 1.165) is 31.6 Å². The van der Waals surface area contributed by atoms with E-state index in [1.54, 1.807) is 12.1 Å². The lowest BCUT2D eigenvalue weighted by Gasteiger charge is -2.39. The lowest BCUT2D eigenvalue weighted by molar-refractivity contribution is 0.146. The van der Waals surface area contributed by atoms with Gasteiger partial charge in [0.2, 0.25) is 0 Å². The van der Waals surface area contributed by atoms with E-state index in [-0.39, 0.29) is 18.0 Å². The molecule has 1 aromatic carbocycles. The highest BCUT2D eigenvalue weighted by Crippen LogP contribution is 2.40. The average molecular weight is 280 g/mol. The molecule has 1 aliphatic carbocycles. The first-order chi connectivity index (χ1) is 9.65. The third kappa shape index (κ3) is 3.30. The predicted molar refractivity (Wildman–Crippen MR) is 80.5 cm³/mol. The van der Waals surface area contributed by atoms with Crippen LogP contribution in [0.15, 0.2) is 24.3 Å². The first kappa shape index (κ1) is 15.3. The third-order valence-corrected chi connectivity index (χ3v) is 4.20. The largest absolute Gasteiger partial charge is 0.394 e. The Labute approximate surface area is 120 Å². The molecule has 4 heteroatoms. The fourth-order valence-electron chi connectivity index (χ4n) is 2.95. The number of likely N-dealkylation sites (N-methyl/N-ethyl adjacent to an activating group) is 2. The standard InChI is InChI=1S/C16H25FN2O/c1-3-18-16(12-20,13-8-9-13)11-19(4-2)15-7-5-6-14(17)10-15/h5-7,10,13,18,20H,3-4,8-9,11-12H2,1-2H3. The van der Waals surface area contributed by atoms with Gasteiger partial charge in [0.1, 0.15) is 5.82 Å². The molecule has 2 rings (SSSR count). The maximum atomic E-state index is 13.4. The summed E-state index contributed by atoms with van der Waals surface area (Å²) in [7, 11) is 0. The van der Waals surface area contributed by atoms with Gasteiger partial charge < -0.3 is 15.3 Å². The number of aliphatic hydroxyl groups excluding tert-OH is 1. The van der Waals surface area contributed by atoms with Crippen LogP contribution in [0.5, 0.6) is 0 Å². The number of rotatable bonds is 8. The fourth-order valence-corrected chi connectivity index (χ4v) is 2.95. The van der Waals surface area contributed by atoms with Gasteiger partial charge in [-0.25, -0.2) is 4.39 Å². The van der Waals surface area contributed by atoms with Crippen LogP contribution in [0.1, 0.15) is 26.7 Å². The Morgan fingerprint density at radius 3 is 2.65 bits per heavy atom. The van der Waals surface area contributed by atoms with Gasteiger partial charge in [0.05, 0.1) is 12.1 Å². The van der Waals surface area contributed by atoms with E-state index in [0.29, 0.717) is 12.5 Å². The summed E-state index contributed by atoms with van der Waals surface area (Å²) < 4.78 is 13.4. The van der Waals surface area contributed by atoms with Crippen LogP contribution in [-0.4, -0.2) is 36.9 Å². The zero-order valence-corrected chi connectivity index (χ0v) is 12.4. The molecule has 20 heavy (non-hydrogen) atoms. The molecule has 0 aromatic heterocycles. The summed E-state index contributed by atoms with van der Waals surface area (Å²) in [6.07, 6.45) is 2.32. The molecular formula is C16H25FN2O. The number of nitrogens with zero attached hydrogens (tertiary/aromatic N) is 1. The van der Waals surface area contributed by atoms with E-state index in [4.69, 9.17) is 0 Å². The summed E-state index contributed by atoms with van der Waals surface area (Å²) >= 11 is 0. The van der Waals surface area contributed by atoms with Crippen molar-refractivity contribution in [2.45, 2.75) is 32.2 Å². The number of nitrogens with one attached hydrogen (secondary N) is 1. The van der Waals surface area contributed by atoms with Gasteiger partial charge in [-0.15, -0.1) is 0 Å². The number of aliphatic hydroxyl groups is 1. The van der Waals surface area contributed by atoms with Crippen LogP contribution in [-0.2, 0) is 0 Å². The minimum absolute atomic E-state index is 0.122. The number of hydrogen-bond donors (Lipinski definition) is 2. The van der Waals surface area contributed by atoms with Crippen molar-refractivity contribution in [1.82, 2.24) is 5.32 Å². The fraction of sp³-hybridized carbons (Fsp3) is 0.625. The van der Waals surface area contributed by atoms with Gasteiger partial charge in [0.15, 0.2) is 0 Å². The van der Waals surface area contributed by atoms with Crippen molar-refractivity contribution in [2.75, 3.05) is 31.1 Å². The van der Waals surface area contributed by atoms with Gasteiger partial charge in [-0.05, 0) is 50.4 Å². The highest BCUT2D eigenvalue weighted by Gasteiger charge is 2.45. The Hall–Kier alpha value is -1.13. The first-order valence-electron chi connectivity index (χ1n) is 7.51. The van der Waals surface area contributed by atoms with Crippen LogP contribution in [0.25, 0.3) is 0 Å². The second kappa shape index (κ2) is 6.55. The molecule has 0 aliphatic heterocycles. The van der Waals surface area contributed by atoms with Crippen molar-refractivity contribution in [3.05, 3.63) is 30.1 Å². The molecular weight excluding hydrogens is 255 g/mol. The maximum absolute atomic E-state index is 13.4. The summed E-state index contributed by atoms with van der Waals surface area (Å²) in [4.78, 5) is 2.14. The molecule has 112 valence electrons. The molecule has 1 fully saturated rings.